The van der Waals surface area contributed by atoms with Crippen LogP contribution in [-0.2, 0) is 0 Å². The molecular formula is C23H22N4O2S. The number of furan rings is 1. The maximum absolute atomic E-state index is 12.7. The number of aryl methyl sites for hydroxylation is 2. The van der Waals surface area contributed by atoms with Gasteiger partial charge in [-0.05, 0) is 68.3 Å². The zero-order chi connectivity index (χ0) is 21.1. The quantitative estimate of drug-likeness (QED) is 0.432. The third-order valence-corrected chi connectivity index (χ3v) is 6.02. The molecule has 0 aliphatic carbocycles. The van der Waals surface area contributed by atoms with Crippen LogP contribution in [0.1, 0.15) is 43.9 Å². The van der Waals surface area contributed by atoms with Crippen LogP contribution in [0.25, 0.3) is 0 Å². The Labute approximate surface area is 179 Å². The second-order valence-electron chi connectivity index (χ2n) is 7.01. The molecule has 0 saturated heterocycles. The topological polar surface area (TPSA) is 80.0 Å². The molecule has 30 heavy (non-hydrogen) atoms. The summed E-state index contributed by atoms with van der Waals surface area (Å²) in [5.74, 6) is 0.737. The average molecular weight is 419 g/mol. The Morgan fingerprint density at radius 1 is 1.07 bits per heavy atom. The van der Waals surface area contributed by atoms with E-state index in [0.717, 1.165) is 38.1 Å². The molecule has 0 aliphatic heterocycles. The molecule has 0 fully saturated rings. The molecular weight excluding hydrogens is 396 g/mol. The van der Waals surface area contributed by atoms with Gasteiger partial charge in [-0.25, -0.2) is 4.98 Å². The van der Waals surface area contributed by atoms with Crippen LogP contribution in [0.2, 0.25) is 0 Å². The van der Waals surface area contributed by atoms with Gasteiger partial charge in [0.1, 0.15) is 10.8 Å². The highest BCUT2D eigenvalue weighted by Crippen LogP contribution is 2.40. The summed E-state index contributed by atoms with van der Waals surface area (Å²) in [7, 11) is 0. The monoisotopic (exact) mass is 418 g/mol. The molecule has 4 rings (SSSR count). The second kappa shape index (κ2) is 8.51. The van der Waals surface area contributed by atoms with Crippen LogP contribution in [0.3, 0.4) is 0 Å². The number of aromatic nitrogens is 2. The Bertz CT molecular complexity index is 1150. The molecule has 6 nitrogen and oxygen atoms in total. The molecule has 152 valence electrons. The van der Waals surface area contributed by atoms with Crippen molar-refractivity contribution in [3.05, 3.63) is 94.1 Å². The van der Waals surface area contributed by atoms with Gasteiger partial charge in [0, 0.05) is 22.8 Å². The maximum atomic E-state index is 12.7. The summed E-state index contributed by atoms with van der Waals surface area (Å²) in [5.41, 5.74) is 4.03. The molecule has 0 spiro atoms. The number of pyridine rings is 2. The third-order valence-electron chi connectivity index (χ3n) is 4.88. The molecule has 1 atom stereocenters. The lowest BCUT2D eigenvalue weighted by molar-refractivity contribution is 0.0997. The van der Waals surface area contributed by atoms with E-state index < -0.39 is 0 Å². The van der Waals surface area contributed by atoms with Gasteiger partial charge in [-0.3, -0.25) is 9.78 Å². The fraction of sp³-hybridized carbons (Fsp3) is 0.174. The highest BCUT2D eigenvalue weighted by molar-refractivity contribution is 7.16. The van der Waals surface area contributed by atoms with Gasteiger partial charge < -0.3 is 15.1 Å². The minimum Gasteiger partial charge on any atom is -0.459 e. The molecule has 0 saturated carbocycles. The summed E-state index contributed by atoms with van der Waals surface area (Å²) in [6.07, 6.45) is 5.03. The first-order chi connectivity index (χ1) is 14.5. The summed E-state index contributed by atoms with van der Waals surface area (Å²) in [4.78, 5) is 22.8. The van der Waals surface area contributed by atoms with Gasteiger partial charge in [0.25, 0.3) is 5.91 Å². The predicted octanol–water partition coefficient (Wildman–Crippen LogP) is 5.51. The molecule has 4 aromatic heterocycles. The van der Waals surface area contributed by atoms with E-state index in [2.05, 4.69) is 27.5 Å². The number of rotatable bonds is 6. The Kier molecular flexibility index (Phi) is 5.63. The zero-order valence-electron chi connectivity index (χ0n) is 17.0. The number of nitrogens with one attached hydrogen (secondary N) is 2. The minimum absolute atomic E-state index is 0.271. The number of amides is 1. The predicted molar refractivity (Wildman–Crippen MR) is 119 cm³/mol. The SMILES string of the molecule is Cc1ccnc(NC(c2ccccn2)c2c(NC(=O)c3ccco3)sc(C)c2C)c1. The first-order valence-electron chi connectivity index (χ1n) is 9.58. The van der Waals surface area contributed by atoms with Crippen LogP contribution in [-0.4, -0.2) is 15.9 Å². The Morgan fingerprint density at radius 3 is 2.63 bits per heavy atom. The normalized spacial score (nSPS) is 11.8. The Morgan fingerprint density at radius 2 is 1.93 bits per heavy atom. The fourth-order valence-corrected chi connectivity index (χ4v) is 4.36. The van der Waals surface area contributed by atoms with Crippen LogP contribution in [0, 0.1) is 20.8 Å². The molecule has 2 N–H and O–H groups in total. The number of nitrogens with zero attached hydrogens (tertiary/aromatic N) is 2. The van der Waals surface area contributed by atoms with Gasteiger partial charge >= 0.3 is 0 Å². The number of carbonyl (C=O) groups is 1. The first kappa shape index (κ1) is 19.8. The van der Waals surface area contributed by atoms with Crippen LogP contribution in [0.15, 0.2) is 65.5 Å². The van der Waals surface area contributed by atoms with Gasteiger partial charge in [0.15, 0.2) is 5.76 Å². The lowest BCUT2D eigenvalue weighted by Crippen LogP contribution is -2.18. The van der Waals surface area contributed by atoms with Crippen LogP contribution in [0.5, 0.6) is 0 Å². The standard InChI is InChI=1S/C23H22N4O2S/c1-14-9-11-25-19(13-14)26-21(17-7-4-5-10-24-17)20-15(2)16(3)30-23(20)27-22(28)18-8-6-12-29-18/h4-13,21H,1-3H3,(H,25,26)(H,27,28). The van der Waals surface area contributed by atoms with Gasteiger partial charge in [-0.1, -0.05) is 6.07 Å². The molecule has 4 aromatic rings. The van der Waals surface area contributed by atoms with Crippen LogP contribution in [0.4, 0.5) is 10.8 Å². The molecule has 7 heteroatoms. The molecule has 0 aliphatic rings. The van der Waals surface area contributed by atoms with E-state index in [1.54, 1.807) is 35.9 Å². The number of hydrogen-bond donors (Lipinski definition) is 2. The summed E-state index contributed by atoms with van der Waals surface area (Å²) in [6, 6.07) is 12.8. The lowest BCUT2D eigenvalue weighted by Gasteiger charge is -2.21. The molecule has 4 heterocycles. The van der Waals surface area contributed by atoms with Gasteiger partial charge in [-0.15, -0.1) is 11.3 Å². The molecule has 0 radical (unpaired) electrons. The van der Waals surface area contributed by atoms with Crippen LogP contribution >= 0.6 is 11.3 Å². The van der Waals surface area contributed by atoms with Crippen molar-refractivity contribution in [3.63, 3.8) is 0 Å². The van der Waals surface area contributed by atoms with E-state index in [4.69, 9.17) is 4.42 Å². The van der Waals surface area contributed by atoms with E-state index in [9.17, 15) is 4.79 Å². The average Bonchev–Trinajstić information content (AvgIpc) is 3.37. The molecule has 1 unspecified atom stereocenters. The number of anilines is 2. The molecule has 0 aromatic carbocycles. The largest absolute Gasteiger partial charge is 0.459 e. The fourth-order valence-electron chi connectivity index (χ4n) is 3.26. The summed E-state index contributed by atoms with van der Waals surface area (Å²) in [5, 5.41) is 7.30. The molecule has 0 bridgehead atoms. The Balaban J connectivity index is 1.77. The van der Waals surface area contributed by atoms with Gasteiger partial charge in [0.2, 0.25) is 0 Å². The maximum Gasteiger partial charge on any atom is 0.291 e. The van der Waals surface area contributed by atoms with Crippen molar-refractivity contribution in [2.24, 2.45) is 0 Å². The highest BCUT2D eigenvalue weighted by atomic mass is 32.1. The molecule has 1 amide bonds. The lowest BCUT2D eigenvalue weighted by atomic mass is 10.00. The van der Waals surface area contributed by atoms with E-state index in [1.807, 2.05) is 44.2 Å². The first-order valence-corrected chi connectivity index (χ1v) is 10.4. The number of thiophene rings is 1. The van der Waals surface area contributed by atoms with Crippen molar-refractivity contribution in [2.45, 2.75) is 26.8 Å². The van der Waals surface area contributed by atoms with E-state index in [1.165, 1.54) is 6.26 Å². The van der Waals surface area contributed by atoms with Crippen LogP contribution < -0.4 is 10.6 Å². The number of hydrogen-bond acceptors (Lipinski definition) is 6. The van der Waals surface area contributed by atoms with Gasteiger partial charge in [0.05, 0.1) is 18.0 Å². The summed E-state index contributed by atoms with van der Waals surface area (Å²) < 4.78 is 5.25. The van der Waals surface area contributed by atoms with Crippen molar-refractivity contribution < 1.29 is 9.21 Å². The van der Waals surface area contributed by atoms with E-state index in [-0.39, 0.29) is 17.7 Å². The summed E-state index contributed by atoms with van der Waals surface area (Å²) >= 11 is 1.54. The van der Waals surface area contributed by atoms with E-state index >= 15 is 0 Å². The van der Waals surface area contributed by atoms with Crippen molar-refractivity contribution in [3.8, 4) is 0 Å². The van der Waals surface area contributed by atoms with E-state index in [0.29, 0.717) is 0 Å². The van der Waals surface area contributed by atoms with Crippen molar-refractivity contribution >= 4 is 28.1 Å². The summed E-state index contributed by atoms with van der Waals surface area (Å²) in [6.45, 7) is 6.13. The third kappa shape index (κ3) is 4.11. The second-order valence-corrected chi connectivity index (χ2v) is 8.23. The zero-order valence-corrected chi connectivity index (χ0v) is 17.8. The van der Waals surface area contributed by atoms with Crippen molar-refractivity contribution in [2.75, 3.05) is 10.6 Å². The minimum atomic E-state index is -0.282. The van der Waals surface area contributed by atoms with Crippen molar-refractivity contribution in [1.82, 2.24) is 9.97 Å². The Hall–Kier alpha value is -3.45. The smallest absolute Gasteiger partial charge is 0.291 e. The van der Waals surface area contributed by atoms with Gasteiger partial charge in [-0.2, -0.15) is 0 Å². The highest BCUT2D eigenvalue weighted by Gasteiger charge is 2.26. The number of carbonyl (C=O) groups excluding carboxylic acids is 1. The van der Waals surface area contributed by atoms with Crippen molar-refractivity contribution in [1.29, 1.82) is 0 Å².